The van der Waals surface area contributed by atoms with Gasteiger partial charge < -0.3 is 10.2 Å². The van der Waals surface area contributed by atoms with Crippen LogP contribution < -0.4 is 4.72 Å². The van der Waals surface area contributed by atoms with Crippen LogP contribution in [0.5, 0.6) is 11.5 Å². The van der Waals surface area contributed by atoms with E-state index < -0.39 is 10.0 Å². The summed E-state index contributed by atoms with van der Waals surface area (Å²) in [6.45, 7) is 0. The van der Waals surface area contributed by atoms with Crippen molar-refractivity contribution in [2.24, 2.45) is 0 Å². The zero-order valence-electron chi connectivity index (χ0n) is 14.6. The Morgan fingerprint density at radius 1 is 0.857 bits per heavy atom. The minimum atomic E-state index is -3.69. The van der Waals surface area contributed by atoms with Gasteiger partial charge in [0.25, 0.3) is 10.0 Å². The van der Waals surface area contributed by atoms with E-state index in [4.69, 9.17) is 0 Å². The fourth-order valence-corrected chi connectivity index (χ4v) is 3.51. The second-order valence-corrected chi connectivity index (χ2v) is 7.62. The van der Waals surface area contributed by atoms with E-state index in [9.17, 15) is 23.4 Å². The standard InChI is InChI=1S/C21H17NO5S/c23-19(12-6-15-7-13-20(24)21(25)14-15)16-8-10-17(11-9-16)22-28(26,27)18-4-2-1-3-5-18/h1-14,22,24-25H/b12-6+. The van der Waals surface area contributed by atoms with Gasteiger partial charge in [-0.15, -0.1) is 0 Å². The number of sulfonamides is 1. The molecule has 0 saturated carbocycles. The molecule has 0 unspecified atom stereocenters. The molecular weight excluding hydrogens is 378 g/mol. The Morgan fingerprint density at radius 3 is 2.18 bits per heavy atom. The molecule has 0 saturated heterocycles. The maximum Gasteiger partial charge on any atom is 0.261 e. The molecule has 0 radical (unpaired) electrons. The normalized spacial score (nSPS) is 11.4. The van der Waals surface area contributed by atoms with Gasteiger partial charge in [0.1, 0.15) is 0 Å². The minimum Gasteiger partial charge on any atom is -0.504 e. The van der Waals surface area contributed by atoms with Gasteiger partial charge in [-0.2, -0.15) is 0 Å². The monoisotopic (exact) mass is 395 g/mol. The summed E-state index contributed by atoms with van der Waals surface area (Å²) in [4.78, 5) is 12.4. The summed E-state index contributed by atoms with van der Waals surface area (Å²) < 4.78 is 27.1. The molecule has 6 nitrogen and oxygen atoms in total. The van der Waals surface area contributed by atoms with Crippen molar-refractivity contribution >= 4 is 27.6 Å². The van der Waals surface area contributed by atoms with Crippen molar-refractivity contribution < 1.29 is 23.4 Å². The molecule has 0 aromatic heterocycles. The van der Waals surface area contributed by atoms with Crippen molar-refractivity contribution in [2.45, 2.75) is 4.90 Å². The smallest absolute Gasteiger partial charge is 0.261 e. The molecule has 3 N–H and O–H groups in total. The van der Waals surface area contributed by atoms with Gasteiger partial charge in [0.05, 0.1) is 4.90 Å². The number of nitrogens with one attached hydrogen (secondary N) is 1. The van der Waals surface area contributed by atoms with Crippen LogP contribution in [0, 0.1) is 0 Å². The highest BCUT2D eigenvalue weighted by Crippen LogP contribution is 2.25. The molecule has 0 aliphatic rings. The second-order valence-electron chi connectivity index (χ2n) is 5.94. The summed E-state index contributed by atoms with van der Waals surface area (Å²) >= 11 is 0. The number of allylic oxidation sites excluding steroid dienone is 1. The Kier molecular flexibility index (Phi) is 5.47. The summed E-state index contributed by atoms with van der Waals surface area (Å²) in [5.74, 6) is -0.799. The van der Waals surface area contributed by atoms with E-state index in [0.29, 0.717) is 16.8 Å². The van der Waals surface area contributed by atoms with E-state index >= 15 is 0 Å². The lowest BCUT2D eigenvalue weighted by atomic mass is 10.1. The van der Waals surface area contributed by atoms with Crippen molar-refractivity contribution in [3.63, 3.8) is 0 Å². The Labute approximate surface area is 162 Å². The first-order valence-electron chi connectivity index (χ1n) is 8.27. The highest BCUT2D eigenvalue weighted by atomic mass is 32.2. The number of rotatable bonds is 6. The number of carbonyl (C=O) groups is 1. The molecule has 0 atom stereocenters. The van der Waals surface area contributed by atoms with E-state index in [0.717, 1.165) is 0 Å². The third kappa shape index (κ3) is 4.57. The molecule has 142 valence electrons. The molecule has 0 bridgehead atoms. The highest BCUT2D eigenvalue weighted by molar-refractivity contribution is 7.92. The second kappa shape index (κ2) is 7.98. The quantitative estimate of drug-likeness (QED) is 0.335. The van der Waals surface area contributed by atoms with Gasteiger partial charge in [-0.25, -0.2) is 8.42 Å². The van der Waals surface area contributed by atoms with Crippen LogP contribution in [0.4, 0.5) is 5.69 Å². The largest absolute Gasteiger partial charge is 0.504 e. The van der Waals surface area contributed by atoms with Crippen LogP contribution in [-0.2, 0) is 10.0 Å². The van der Waals surface area contributed by atoms with Crippen LogP contribution in [0.3, 0.4) is 0 Å². The third-order valence-electron chi connectivity index (χ3n) is 3.90. The summed E-state index contributed by atoms with van der Waals surface area (Å²) in [7, 11) is -3.69. The molecule has 0 aliphatic heterocycles. The number of hydrogen-bond donors (Lipinski definition) is 3. The lowest BCUT2D eigenvalue weighted by molar-refractivity contribution is 0.104. The topological polar surface area (TPSA) is 104 Å². The predicted octanol–water partition coefficient (Wildman–Crippen LogP) is 3.79. The Hall–Kier alpha value is -3.58. The Morgan fingerprint density at radius 2 is 1.54 bits per heavy atom. The molecule has 0 heterocycles. The van der Waals surface area contributed by atoms with E-state index in [-0.39, 0.29) is 22.2 Å². The molecule has 0 aliphatic carbocycles. The molecule has 7 heteroatoms. The zero-order chi connectivity index (χ0) is 20.1. The van der Waals surface area contributed by atoms with Gasteiger partial charge in [-0.1, -0.05) is 30.3 Å². The van der Waals surface area contributed by atoms with Gasteiger partial charge in [0, 0.05) is 11.3 Å². The summed E-state index contributed by atoms with van der Waals surface area (Å²) in [5, 5.41) is 18.8. The molecule has 0 fully saturated rings. The maximum absolute atomic E-state index is 12.3. The number of aromatic hydroxyl groups is 2. The van der Waals surface area contributed by atoms with Crippen LogP contribution in [0.1, 0.15) is 15.9 Å². The highest BCUT2D eigenvalue weighted by Gasteiger charge is 2.13. The zero-order valence-corrected chi connectivity index (χ0v) is 15.4. The van der Waals surface area contributed by atoms with Crippen LogP contribution in [0.2, 0.25) is 0 Å². The van der Waals surface area contributed by atoms with E-state index in [2.05, 4.69) is 4.72 Å². The van der Waals surface area contributed by atoms with Gasteiger partial charge in [-0.3, -0.25) is 9.52 Å². The molecule has 3 aromatic rings. The molecule has 28 heavy (non-hydrogen) atoms. The third-order valence-corrected chi connectivity index (χ3v) is 5.30. The van der Waals surface area contributed by atoms with Gasteiger partial charge in [0.15, 0.2) is 17.3 Å². The lowest BCUT2D eigenvalue weighted by Crippen LogP contribution is -2.12. The van der Waals surface area contributed by atoms with E-state index in [1.165, 1.54) is 60.7 Å². The van der Waals surface area contributed by atoms with Crippen molar-refractivity contribution in [2.75, 3.05) is 4.72 Å². The molecule has 3 aromatic carbocycles. The summed E-state index contributed by atoms with van der Waals surface area (Å²) in [6, 6.07) is 18.3. The fraction of sp³-hybridized carbons (Fsp3) is 0. The molecular formula is C21H17NO5S. The number of phenolic OH excluding ortho intramolecular Hbond substituents is 2. The first-order chi connectivity index (χ1) is 13.3. The number of carbonyl (C=O) groups excluding carboxylic acids is 1. The van der Waals surface area contributed by atoms with Gasteiger partial charge >= 0.3 is 0 Å². The predicted molar refractivity (Wildman–Crippen MR) is 107 cm³/mol. The Bertz CT molecular complexity index is 1120. The average Bonchev–Trinajstić information content (AvgIpc) is 2.69. The van der Waals surface area contributed by atoms with Crippen LogP contribution in [0.15, 0.2) is 83.8 Å². The SMILES string of the molecule is O=C(/C=C/c1ccc(O)c(O)c1)c1ccc(NS(=O)(=O)c2ccccc2)cc1. The summed E-state index contributed by atoms with van der Waals surface area (Å²) in [5.41, 5.74) is 1.27. The maximum atomic E-state index is 12.3. The van der Waals surface area contributed by atoms with Crippen LogP contribution in [-0.4, -0.2) is 24.4 Å². The van der Waals surface area contributed by atoms with Gasteiger partial charge in [-0.05, 0) is 60.2 Å². The number of benzene rings is 3. The van der Waals surface area contributed by atoms with Gasteiger partial charge in [0.2, 0.25) is 0 Å². The van der Waals surface area contributed by atoms with Crippen LogP contribution in [0.25, 0.3) is 6.08 Å². The van der Waals surface area contributed by atoms with Crippen molar-refractivity contribution in [3.05, 3.63) is 90.0 Å². The van der Waals surface area contributed by atoms with Crippen molar-refractivity contribution in [1.29, 1.82) is 0 Å². The Balaban J connectivity index is 1.70. The fourth-order valence-electron chi connectivity index (χ4n) is 2.43. The number of anilines is 1. The lowest BCUT2D eigenvalue weighted by Gasteiger charge is -2.08. The first kappa shape index (κ1) is 19.2. The van der Waals surface area contributed by atoms with Crippen LogP contribution >= 0.6 is 0 Å². The van der Waals surface area contributed by atoms with Crippen molar-refractivity contribution in [3.8, 4) is 11.5 Å². The average molecular weight is 395 g/mol. The van der Waals surface area contributed by atoms with Crippen molar-refractivity contribution in [1.82, 2.24) is 0 Å². The van der Waals surface area contributed by atoms with E-state index in [1.807, 2.05) is 0 Å². The molecule has 3 rings (SSSR count). The minimum absolute atomic E-state index is 0.148. The number of ketones is 1. The number of phenols is 2. The van der Waals surface area contributed by atoms with E-state index in [1.54, 1.807) is 24.3 Å². The summed E-state index contributed by atoms with van der Waals surface area (Å²) in [6.07, 6.45) is 2.84. The molecule has 0 spiro atoms. The number of hydrogen-bond acceptors (Lipinski definition) is 5. The first-order valence-corrected chi connectivity index (χ1v) is 9.76. The molecule has 0 amide bonds.